The molecule has 0 aromatic carbocycles. The fourth-order valence-electron chi connectivity index (χ4n) is 1.55. The van der Waals surface area contributed by atoms with E-state index in [2.05, 4.69) is 18.9 Å². The number of carbonyl (C=O) groups is 1. The maximum absolute atomic E-state index is 10.8. The van der Waals surface area contributed by atoms with Crippen LogP contribution >= 0.6 is 12.4 Å². The Hall–Kier alpha value is -0.280. The summed E-state index contributed by atoms with van der Waals surface area (Å²) in [7, 11) is 2.09. The van der Waals surface area contributed by atoms with Gasteiger partial charge in [-0.05, 0) is 33.4 Å². The third-order valence-corrected chi connectivity index (χ3v) is 2.61. The second kappa shape index (κ2) is 4.67. The molecule has 0 aromatic rings. The van der Waals surface area contributed by atoms with Gasteiger partial charge in [-0.25, -0.2) is 0 Å². The minimum atomic E-state index is -0.134. The highest BCUT2D eigenvalue weighted by Crippen LogP contribution is 2.20. The number of nitrogens with zero attached hydrogens (tertiary/aromatic N) is 1. The van der Waals surface area contributed by atoms with Crippen LogP contribution in [0.4, 0.5) is 0 Å². The summed E-state index contributed by atoms with van der Waals surface area (Å²) < 4.78 is 0. The van der Waals surface area contributed by atoms with Crippen LogP contribution in [-0.4, -0.2) is 30.4 Å². The number of rotatable bonds is 1. The number of nitrogens with two attached hydrogens (primary N) is 1. The molecule has 1 saturated heterocycles. The lowest BCUT2D eigenvalue weighted by atomic mass is 9.92. The van der Waals surface area contributed by atoms with E-state index in [9.17, 15) is 4.79 Å². The summed E-state index contributed by atoms with van der Waals surface area (Å²) in [6, 6.07) is 0.501. The van der Waals surface area contributed by atoms with Crippen molar-refractivity contribution in [3.8, 4) is 0 Å². The van der Waals surface area contributed by atoms with Crippen molar-refractivity contribution in [2.24, 2.45) is 11.7 Å². The predicted molar refractivity (Wildman–Crippen MR) is 51.3 cm³/mol. The van der Waals surface area contributed by atoms with Gasteiger partial charge in [-0.3, -0.25) is 4.79 Å². The Kier molecular flexibility index (Phi) is 4.57. The van der Waals surface area contributed by atoms with Crippen LogP contribution in [0.15, 0.2) is 0 Å². The summed E-state index contributed by atoms with van der Waals surface area (Å²) in [5.74, 6) is -0.0221. The second-order valence-corrected chi connectivity index (χ2v) is 3.45. The quantitative estimate of drug-likeness (QED) is 0.663. The first-order valence-corrected chi connectivity index (χ1v) is 4.11. The molecule has 1 heterocycles. The molecular formula is C8H17ClN2O. The molecule has 0 bridgehead atoms. The first kappa shape index (κ1) is 11.7. The molecule has 0 saturated carbocycles. The van der Waals surface area contributed by atoms with Gasteiger partial charge < -0.3 is 10.6 Å². The number of hydrogen-bond donors (Lipinski definition) is 1. The van der Waals surface area contributed by atoms with Crippen molar-refractivity contribution in [3.63, 3.8) is 0 Å². The Morgan fingerprint density at radius 3 is 2.58 bits per heavy atom. The molecule has 0 spiro atoms. The van der Waals surface area contributed by atoms with E-state index in [4.69, 9.17) is 5.73 Å². The van der Waals surface area contributed by atoms with E-state index in [0.717, 1.165) is 19.4 Å². The Morgan fingerprint density at radius 1 is 1.58 bits per heavy atom. The molecule has 4 heteroatoms. The molecule has 1 aliphatic rings. The molecule has 1 rings (SSSR count). The van der Waals surface area contributed by atoms with E-state index < -0.39 is 0 Å². The molecular weight excluding hydrogens is 176 g/mol. The van der Waals surface area contributed by atoms with Gasteiger partial charge in [0.25, 0.3) is 0 Å². The number of halogens is 1. The van der Waals surface area contributed by atoms with Crippen LogP contribution < -0.4 is 5.73 Å². The molecule has 72 valence electrons. The van der Waals surface area contributed by atoms with Crippen molar-refractivity contribution in [1.29, 1.82) is 0 Å². The third-order valence-electron chi connectivity index (χ3n) is 2.61. The Morgan fingerprint density at radius 2 is 2.17 bits per heavy atom. The largest absolute Gasteiger partial charge is 0.369 e. The Balaban J connectivity index is 0.00000121. The first-order valence-electron chi connectivity index (χ1n) is 4.11. The molecule has 0 aromatic heterocycles. The number of piperidine rings is 1. The smallest absolute Gasteiger partial charge is 0.220 e. The van der Waals surface area contributed by atoms with Crippen LogP contribution in [0.5, 0.6) is 0 Å². The maximum atomic E-state index is 10.8. The molecule has 1 amide bonds. The summed E-state index contributed by atoms with van der Waals surface area (Å²) in [5, 5.41) is 0. The monoisotopic (exact) mass is 192 g/mol. The maximum Gasteiger partial charge on any atom is 0.220 e. The Bertz CT molecular complexity index is 163. The van der Waals surface area contributed by atoms with Crippen molar-refractivity contribution in [2.45, 2.75) is 25.8 Å². The minimum absolute atomic E-state index is 0. The summed E-state index contributed by atoms with van der Waals surface area (Å²) in [6.45, 7) is 3.13. The van der Waals surface area contributed by atoms with Crippen molar-refractivity contribution in [3.05, 3.63) is 0 Å². The predicted octanol–water partition coefficient (Wildman–Crippen LogP) is 0.624. The van der Waals surface area contributed by atoms with Gasteiger partial charge in [0.05, 0.1) is 0 Å². The fourth-order valence-corrected chi connectivity index (χ4v) is 1.55. The number of carbonyl (C=O) groups excluding carboxylic acids is 1. The standard InChI is InChI=1S/C8H16N2O.ClH/c1-6-5-7(8(9)11)3-4-10(6)2;/h6-7H,3-5H2,1-2H3,(H2,9,11);1H. The zero-order valence-corrected chi connectivity index (χ0v) is 8.43. The van der Waals surface area contributed by atoms with Gasteiger partial charge in [0, 0.05) is 12.0 Å². The normalized spacial score (nSPS) is 30.8. The number of amides is 1. The molecule has 2 unspecified atom stereocenters. The lowest BCUT2D eigenvalue weighted by Crippen LogP contribution is -2.41. The van der Waals surface area contributed by atoms with Crippen LogP contribution in [0.25, 0.3) is 0 Å². The highest BCUT2D eigenvalue weighted by atomic mass is 35.5. The number of hydrogen-bond acceptors (Lipinski definition) is 2. The molecule has 0 aliphatic carbocycles. The highest BCUT2D eigenvalue weighted by molar-refractivity contribution is 5.85. The van der Waals surface area contributed by atoms with Crippen LogP contribution in [0.2, 0.25) is 0 Å². The summed E-state index contributed by atoms with van der Waals surface area (Å²) in [5.41, 5.74) is 5.22. The van der Waals surface area contributed by atoms with E-state index in [0.29, 0.717) is 6.04 Å². The fraction of sp³-hybridized carbons (Fsp3) is 0.875. The van der Waals surface area contributed by atoms with Gasteiger partial charge in [0.1, 0.15) is 0 Å². The molecule has 1 aliphatic heterocycles. The lowest BCUT2D eigenvalue weighted by Gasteiger charge is -2.33. The van der Waals surface area contributed by atoms with Crippen molar-refractivity contribution in [2.75, 3.05) is 13.6 Å². The minimum Gasteiger partial charge on any atom is -0.369 e. The van der Waals surface area contributed by atoms with Gasteiger partial charge in [0.15, 0.2) is 0 Å². The van der Waals surface area contributed by atoms with E-state index in [-0.39, 0.29) is 24.2 Å². The van der Waals surface area contributed by atoms with Crippen LogP contribution in [-0.2, 0) is 4.79 Å². The first-order chi connectivity index (χ1) is 5.11. The lowest BCUT2D eigenvalue weighted by molar-refractivity contribution is -0.123. The van der Waals surface area contributed by atoms with Gasteiger partial charge in [0.2, 0.25) is 5.91 Å². The van der Waals surface area contributed by atoms with Crippen molar-refractivity contribution in [1.82, 2.24) is 4.90 Å². The van der Waals surface area contributed by atoms with Crippen molar-refractivity contribution < 1.29 is 4.79 Å². The number of likely N-dealkylation sites (tertiary alicyclic amines) is 1. The van der Waals surface area contributed by atoms with Crippen LogP contribution in [0.1, 0.15) is 19.8 Å². The number of primary amides is 1. The van der Waals surface area contributed by atoms with Gasteiger partial charge in [-0.1, -0.05) is 0 Å². The summed E-state index contributed by atoms with van der Waals surface area (Å²) in [4.78, 5) is 13.1. The average Bonchev–Trinajstić information content (AvgIpc) is 1.94. The summed E-state index contributed by atoms with van der Waals surface area (Å²) >= 11 is 0. The van der Waals surface area contributed by atoms with E-state index in [1.807, 2.05) is 0 Å². The van der Waals surface area contributed by atoms with Crippen LogP contribution in [0, 0.1) is 5.92 Å². The molecule has 0 radical (unpaired) electrons. The molecule has 2 N–H and O–H groups in total. The molecule has 12 heavy (non-hydrogen) atoms. The van der Waals surface area contributed by atoms with E-state index in [1.54, 1.807) is 0 Å². The van der Waals surface area contributed by atoms with Gasteiger partial charge >= 0.3 is 0 Å². The van der Waals surface area contributed by atoms with Gasteiger partial charge in [-0.2, -0.15) is 0 Å². The third kappa shape index (κ3) is 2.64. The molecule has 1 fully saturated rings. The molecule has 2 atom stereocenters. The summed E-state index contributed by atoms with van der Waals surface area (Å²) in [6.07, 6.45) is 1.85. The molecule has 3 nitrogen and oxygen atoms in total. The zero-order chi connectivity index (χ0) is 8.43. The SMILES string of the molecule is CC1CC(C(N)=O)CCN1C.Cl. The van der Waals surface area contributed by atoms with Crippen molar-refractivity contribution >= 4 is 18.3 Å². The zero-order valence-electron chi connectivity index (χ0n) is 7.62. The van der Waals surface area contributed by atoms with Gasteiger partial charge in [-0.15, -0.1) is 12.4 Å². The van der Waals surface area contributed by atoms with E-state index >= 15 is 0 Å². The topological polar surface area (TPSA) is 46.3 Å². The Labute approximate surface area is 79.7 Å². The average molecular weight is 193 g/mol. The van der Waals surface area contributed by atoms with E-state index in [1.165, 1.54) is 0 Å². The van der Waals surface area contributed by atoms with Crippen LogP contribution in [0.3, 0.4) is 0 Å². The second-order valence-electron chi connectivity index (χ2n) is 3.45. The highest BCUT2D eigenvalue weighted by Gasteiger charge is 2.25.